The molecule has 27 heavy (non-hydrogen) atoms. The predicted octanol–water partition coefficient (Wildman–Crippen LogP) is 3.73. The molecule has 1 aromatic heterocycles. The lowest BCUT2D eigenvalue weighted by Gasteiger charge is -2.26. The normalized spacial score (nSPS) is 13.5. The van der Waals surface area contributed by atoms with E-state index in [2.05, 4.69) is 20.9 Å². The largest absolute Gasteiger partial charge is 0.482 e. The average molecular weight is 447 g/mol. The van der Waals surface area contributed by atoms with Crippen LogP contribution in [0, 0.1) is 0 Å². The van der Waals surface area contributed by atoms with Crippen molar-refractivity contribution in [3.63, 3.8) is 0 Å². The van der Waals surface area contributed by atoms with Crippen molar-refractivity contribution in [3.8, 4) is 5.75 Å². The van der Waals surface area contributed by atoms with Gasteiger partial charge in [0.1, 0.15) is 17.5 Å². The van der Waals surface area contributed by atoms with Crippen LogP contribution in [0.4, 0.5) is 13.2 Å². The number of pyridine rings is 1. The fourth-order valence-electron chi connectivity index (χ4n) is 2.20. The van der Waals surface area contributed by atoms with Gasteiger partial charge in [-0.2, -0.15) is 13.2 Å². The van der Waals surface area contributed by atoms with E-state index in [1.807, 2.05) is 5.32 Å². The van der Waals surface area contributed by atoms with E-state index in [4.69, 9.17) is 9.84 Å². The van der Waals surface area contributed by atoms with E-state index >= 15 is 0 Å². The number of rotatable bonds is 6. The van der Waals surface area contributed by atoms with Gasteiger partial charge in [0.15, 0.2) is 0 Å². The zero-order valence-corrected chi connectivity index (χ0v) is 15.4. The summed E-state index contributed by atoms with van der Waals surface area (Å²) in [6, 6.07) is 8.11. The minimum absolute atomic E-state index is 0.140. The fraction of sp³-hybridized carbons (Fsp3) is 0.235. The Kier molecular flexibility index (Phi) is 6.42. The average Bonchev–Trinajstić information content (AvgIpc) is 2.60. The number of ether oxygens (including phenoxy) is 1. The van der Waals surface area contributed by atoms with Gasteiger partial charge in [0.25, 0.3) is 0 Å². The van der Waals surface area contributed by atoms with Crippen LogP contribution >= 0.6 is 15.9 Å². The van der Waals surface area contributed by atoms with E-state index in [0.29, 0.717) is 5.56 Å². The van der Waals surface area contributed by atoms with Crippen LogP contribution in [0.15, 0.2) is 47.1 Å². The first-order chi connectivity index (χ1) is 12.6. The number of carboxylic acid groups (broad SMARTS) is 1. The number of carboxylic acids is 1. The van der Waals surface area contributed by atoms with Gasteiger partial charge in [-0.25, -0.2) is 9.78 Å². The Bertz CT molecular complexity index is 810. The SMILES string of the molecule is CC(NC(=O)C(F)(F)F)C(Oc1ccc(C(=O)O)nc1)c1ccc(Br)cc1. The van der Waals surface area contributed by atoms with Crippen molar-refractivity contribution in [2.75, 3.05) is 0 Å². The number of carbonyl (C=O) groups excluding carboxylic acids is 1. The predicted molar refractivity (Wildman–Crippen MR) is 92.4 cm³/mol. The minimum atomic E-state index is -5.02. The van der Waals surface area contributed by atoms with Gasteiger partial charge in [0, 0.05) is 4.47 Å². The molecule has 0 radical (unpaired) electrons. The molecule has 2 N–H and O–H groups in total. The van der Waals surface area contributed by atoms with Gasteiger partial charge < -0.3 is 15.2 Å². The summed E-state index contributed by atoms with van der Waals surface area (Å²) in [5.74, 6) is -3.17. The standard InChI is InChI=1S/C17H14BrF3N2O4/c1-9(23-16(26)17(19,20)21)14(10-2-4-11(18)5-3-10)27-12-6-7-13(15(24)25)22-8-12/h2-9,14H,1H3,(H,23,26)(H,24,25). The molecular formula is C17H14BrF3N2O4. The second-order valence-corrected chi connectivity index (χ2v) is 6.45. The molecule has 6 nitrogen and oxygen atoms in total. The summed E-state index contributed by atoms with van der Waals surface area (Å²) in [4.78, 5) is 25.8. The van der Waals surface area contributed by atoms with Gasteiger partial charge in [-0.3, -0.25) is 4.79 Å². The van der Waals surface area contributed by atoms with Crippen molar-refractivity contribution >= 4 is 27.8 Å². The Morgan fingerprint density at radius 1 is 1.19 bits per heavy atom. The minimum Gasteiger partial charge on any atom is -0.482 e. The highest BCUT2D eigenvalue weighted by Crippen LogP contribution is 2.27. The van der Waals surface area contributed by atoms with Crippen LogP contribution in [-0.2, 0) is 4.79 Å². The second-order valence-electron chi connectivity index (χ2n) is 5.53. The van der Waals surface area contributed by atoms with Crippen LogP contribution in [0.5, 0.6) is 5.75 Å². The van der Waals surface area contributed by atoms with E-state index in [9.17, 15) is 22.8 Å². The van der Waals surface area contributed by atoms with Crippen LogP contribution in [0.2, 0.25) is 0 Å². The van der Waals surface area contributed by atoms with Crippen molar-refractivity contribution in [2.24, 2.45) is 0 Å². The van der Waals surface area contributed by atoms with E-state index < -0.39 is 30.2 Å². The molecule has 0 saturated heterocycles. The topological polar surface area (TPSA) is 88.5 Å². The molecule has 0 aliphatic rings. The van der Waals surface area contributed by atoms with Gasteiger partial charge in [0.05, 0.1) is 12.2 Å². The maximum absolute atomic E-state index is 12.6. The Morgan fingerprint density at radius 3 is 2.30 bits per heavy atom. The molecule has 2 unspecified atom stereocenters. The molecule has 1 aromatic carbocycles. The molecule has 0 aliphatic carbocycles. The van der Waals surface area contributed by atoms with Gasteiger partial charge in [0.2, 0.25) is 0 Å². The van der Waals surface area contributed by atoms with E-state index in [0.717, 1.165) is 10.7 Å². The smallest absolute Gasteiger partial charge is 0.471 e. The molecule has 0 saturated carbocycles. The summed E-state index contributed by atoms with van der Waals surface area (Å²) in [5.41, 5.74) is 0.302. The zero-order chi connectivity index (χ0) is 20.2. The number of nitrogens with one attached hydrogen (secondary N) is 1. The molecule has 2 rings (SSSR count). The maximum Gasteiger partial charge on any atom is 0.471 e. The number of amides is 1. The van der Waals surface area contributed by atoms with Crippen LogP contribution in [0.3, 0.4) is 0 Å². The number of alkyl halides is 3. The maximum atomic E-state index is 12.6. The monoisotopic (exact) mass is 446 g/mol. The van der Waals surface area contributed by atoms with Crippen molar-refractivity contribution in [2.45, 2.75) is 25.2 Å². The fourth-order valence-corrected chi connectivity index (χ4v) is 2.46. The van der Waals surface area contributed by atoms with Crippen molar-refractivity contribution < 1.29 is 32.6 Å². The first-order valence-corrected chi connectivity index (χ1v) is 8.36. The second kappa shape index (κ2) is 8.38. The molecule has 144 valence electrons. The summed E-state index contributed by atoms with van der Waals surface area (Å²) in [5, 5.41) is 10.7. The first-order valence-electron chi connectivity index (χ1n) is 7.57. The highest BCUT2D eigenvalue weighted by molar-refractivity contribution is 9.10. The molecule has 2 aromatic rings. The number of halogens is 4. The highest BCUT2D eigenvalue weighted by Gasteiger charge is 2.40. The van der Waals surface area contributed by atoms with E-state index in [1.54, 1.807) is 24.3 Å². The number of aromatic nitrogens is 1. The zero-order valence-electron chi connectivity index (χ0n) is 13.8. The number of hydrogen-bond donors (Lipinski definition) is 2. The highest BCUT2D eigenvalue weighted by atomic mass is 79.9. The van der Waals surface area contributed by atoms with Crippen LogP contribution in [0.1, 0.15) is 29.1 Å². The molecule has 0 aliphatic heterocycles. The molecule has 2 atom stereocenters. The lowest BCUT2D eigenvalue weighted by molar-refractivity contribution is -0.174. The van der Waals surface area contributed by atoms with Crippen molar-refractivity contribution in [3.05, 3.63) is 58.3 Å². The lowest BCUT2D eigenvalue weighted by atomic mass is 10.0. The third-order valence-corrected chi connectivity index (χ3v) is 4.02. The molecule has 0 spiro atoms. The Hall–Kier alpha value is -2.62. The van der Waals surface area contributed by atoms with Gasteiger partial charge in [-0.15, -0.1) is 0 Å². The molecule has 1 heterocycles. The molecule has 0 fully saturated rings. The summed E-state index contributed by atoms with van der Waals surface area (Å²) in [6.07, 6.45) is -4.85. The van der Waals surface area contributed by atoms with E-state index in [-0.39, 0.29) is 11.4 Å². The van der Waals surface area contributed by atoms with Crippen molar-refractivity contribution in [1.82, 2.24) is 10.3 Å². The third kappa shape index (κ3) is 5.68. The number of carbonyl (C=O) groups is 2. The number of benzene rings is 1. The van der Waals surface area contributed by atoms with Crippen molar-refractivity contribution in [1.29, 1.82) is 0 Å². The quantitative estimate of drug-likeness (QED) is 0.705. The molecule has 0 bridgehead atoms. The summed E-state index contributed by atoms with van der Waals surface area (Å²) < 4.78 is 44.1. The van der Waals surface area contributed by atoms with Crippen LogP contribution < -0.4 is 10.1 Å². The van der Waals surface area contributed by atoms with Gasteiger partial charge in [-0.1, -0.05) is 28.1 Å². The lowest BCUT2D eigenvalue weighted by Crippen LogP contribution is -2.45. The third-order valence-electron chi connectivity index (χ3n) is 3.49. The molecular weight excluding hydrogens is 433 g/mol. The Balaban J connectivity index is 2.27. The van der Waals surface area contributed by atoms with Gasteiger partial charge in [-0.05, 0) is 36.8 Å². The van der Waals surface area contributed by atoms with Crippen LogP contribution in [0.25, 0.3) is 0 Å². The van der Waals surface area contributed by atoms with E-state index in [1.165, 1.54) is 19.1 Å². The Labute approximate surface area is 160 Å². The number of hydrogen-bond acceptors (Lipinski definition) is 4. The van der Waals surface area contributed by atoms with Crippen LogP contribution in [-0.4, -0.2) is 34.2 Å². The number of aromatic carboxylic acids is 1. The van der Waals surface area contributed by atoms with Gasteiger partial charge >= 0.3 is 18.1 Å². The summed E-state index contributed by atoms with van der Waals surface area (Å²) in [6.45, 7) is 1.37. The molecule has 10 heteroatoms. The molecule has 1 amide bonds. The Morgan fingerprint density at radius 2 is 1.81 bits per heavy atom. The summed E-state index contributed by atoms with van der Waals surface area (Å²) >= 11 is 3.26. The first kappa shape index (κ1) is 20.7. The summed E-state index contributed by atoms with van der Waals surface area (Å²) in [7, 11) is 0. The number of nitrogens with zero attached hydrogens (tertiary/aromatic N) is 1.